The lowest BCUT2D eigenvalue weighted by molar-refractivity contribution is -0.368. The van der Waals surface area contributed by atoms with E-state index in [4.69, 9.17) is 18.9 Å². The topological polar surface area (TPSA) is 54.0 Å². The zero-order valence-electron chi connectivity index (χ0n) is 20.3. The fourth-order valence-corrected chi connectivity index (χ4v) is 5.99. The average Bonchev–Trinajstić information content (AvgIpc) is 2.76. The van der Waals surface area contributed by atoms with Crippen LogP contribution >= 0.6 is 0 Å². The number of hydrogen-bond donors (Lipinski definition) is 0. The van der Waals surface area contributed by atoms with E-state index in [1.807, 2.05) is 30.3 Å². The molecule has 0 radical (unpaired) electrons. The van der Waals surface area contributed by atoms with Gasteiger partial charge >= 0.3 is 5.97 Å². The Hall–Kier alpha value is -1.43. The third-order valence-corrected chi connectivity index (χ3v) is 7.99. The summed E-state index contributed by atoms with van der Waals surface area (Å²) in [6.07, 6.45) is 4.29. The summed E-state index contributed by atoms with van der Waals surface area (Å²) >= 11 is 0. The Bertz CT molecular complexity index is 767. The zero-order valence-corrected chi connectivity index (χ0v) is 20.3. The second kappa shape index (κ2) is 9.82. The number of ether oxygens (including phenoxy) is 4. The van der Waals surface area contributed by atoms with Crippen molar-refractivity contribution in [3.05, 3.63) is 35.9 Å². The van der Waals surface area contributed by atoms with Gasteiger partial charge in [-0.3, -0.25) is 4.79 Å². The minimum atomic E-state index is -0.626. The number of benzene rings is 1. The van der Waals surface area contributed by atoms with Crippen molar-refractivity contribution in [3.63, 3.8) is 0 Å². The van der Waals surface area contributed by atoms with E-state index >= 15 is 0 Å². The first-order chi connectivity index (χ1) is 15.3. The molecule has 0 aliphatic carbocycles. The summed E-state index contributed by atoms with van der Waals surface area (Å²) < 4.78 is 25.4. The van der Waals surface area contributed by atoms with E-state index in [9.17, 15) is 4.79 Å². The summed E-state index contributed by atoms with van der Waals surface area (Å²) in [6, 6.07) is 9.80. The van der Waals surface area contributed by atoms with Crippen molar-refractivity contribution in [2.45, 2.75) is 104 Å². The SMILES string of the molecule is CCC1O[C@@H]2[C@H](C[C@H]1C)O[C@]1(C[C@H](C)[C@H](C)[C@H](CC(=O)OCc3ccccc3)O1)C[C@@H]2C. The Labute approximate surface area is 193 Å². The molecular formula is C27H40O5. The monoisotopic (exact) mass is 444 g/mol. The lowest BCUT2D eigenvalue weighted by Crippen LogP contribution is -2.61. The lowest BCUT2D eigenvalue weighted by atomic mass is 9.75. The third kappa shape index (κ3) is 5.05. The van der Waals surface area contributed by atoms with Crippen molar-refractivity contribution in [3.8, 4) is 0 Å². The van der Waals surface area contributed by atoms with Gasteiger partial charge in [-0.05, 0) is 42.1 Å². The van der Waals surface area contributed by atoms with Crippen molar-refractivity contribution in [1.82, 2.24) is 0 Å². The van der Waals surface area contributed by atoms with Crippen LogP contribution in [0.4, 0.5) is 0 Å². The van der Waals surface area contributed by atoms with Crippen LogP contribution in [0.2, 0.25) is 0 Å². The van der Waals surface area contributed by atoms with Gasteiger partial charge < -0.3 is 18.9 Å². The summed E-state index contributed by atoms with van der Waals surface area (Å²) in [4.78, 5) is 12.6. The molecule has 3 saturated heterocycles. The highest BCUT2D eigenvalue weighted by Gasteiger charge is 2.54. The predicted molar refractivity (Wildman–Crippen MR) is 123 cm³/mol. The van der Waals surface area contributed by atoms with Crippen molar-refractivity contribution in [2.75, 3.05) is 0 Å². The maximum atomic E-state index is 12.6. The third-order valence-electron chi connectivity index (χ3n) is 7.99. The highest BCUT2D eigenvalue weighted by atomic mass is 16.7. The van der Waals surface area contributed by atoms with Gasteiger partial charge in [0.15, 0.2) is 5.79 Å². The molecule has 3 aliphatic rings. The summed E-state index contributed by atoms with van der Waals surface area (Å²) in [5, 5.41) is 0. The van der Waals surface area contributed by atoms with E-state index in [2.05, 4.69) is 34.6 Å². The van der Waals surface area contributed by atoms with E-state index in [0.717, 1.165) is 31.2 Å². The first-order valence-corrected chi connectivity index (χ1v) is 12.5. The molecule has 3 heterocycles. The van der Waals surface area contributed by atoms with Crippen LogP contribution in [-0.4, -0.2) is 36.2 Å². The molecule has 5 heteroatoms. The summed E-state index contributed by atoms with van der Waals surface area (Å²) in [5.41, 5.74) is 0.996. The molecule has 32 heavy (non-hydrogen) atoms. The zero-order chi connectivity index (χ0) is 22.9. The standard InChI is InChI=1S/C27H40O5/c1-6-22-17(2)12-24-26(30-22)19(4)15-27(32-24)14-18(3)20(5)23(31-27)13-25(28)29-16-21-10-8-7-9-11-21/h7-11,17-20,22-24,26H,6,12-16H2,1-5H3/t17-,18+,19+,20+,22?,23+,24+,26+,27-/m1/s1. The van der Waals surface area contributed by atoms with Gasteiger partial charge in [-0.1, -0.05) is 65.0 Å². The minimum Gasteiger partial charge on any atom is -0.461 e. The summed E-state index contributed by atoms with van der Waals surface area (Å²) in [7, 11) is 0. The fraction of sp³-hybridized carbons (Fsp3) is 0.741. The minimum absolute atomic E-state index is 0.0582. The molecule has 5 nitrogen and oxygen atoms in total. The lowest BCUT2D eigenvalue weighted by Gasteiger charge is -2.55. The first kappa shape index (κ1) is 23.7. The molecule has 3 aliphatic heterocycles. The molecule has 0 saturated carbocycles. The van der Waals surface area contributed by atoms with Crippen molar-refractivity contribution >= 4 is 5.97 Å². The maximum absolute atomic E-state index is 12.6. The number of rotatable bonds is 5. The molecule has 1 aromatic rings. The van der Waals surface area contributed by atoms with E-state index in [0.29, 0.717) is 30.5 Å². The molecule has 3 fully saturated rings. The largest absolute Gasteiger partial charge is 0.461 e. The van der Waals surface area contributed by atoms with Crippen LogP contribution in [0.5, 0.6) is 0 Å². The molecule has 4 rings (SSSR count). The smallest absolute Gasteiger partial charge is 0.308 e. The summed E-state index contributed by atoms with van der Waals surface area (Å²) in [6.45, 7) is 11.5. The van der Waals surface area contributed by atoms with Crippen LogP contribution in [0.3, 0.4) is 0 Å². The maximum Gasteiger partial charge on any atom is 0.308 e. The number of hydrogen-bond acceptors (Lipinski definition) is 5. The first-order valence-electron chi connectivity index (χ1n) is 12.5. The number of fused-ring (bicyclic) bond motifs is 1. The Balaban J connectivity index is 1.41. The fourth-order valence-electron chi connectivity index (χ4n) is 5.99. The molecule has 0 bridgehead atoms. The van der Waals surface area contributed by atoms with Crippen LogP contribution in [0.1, 0.15) is 72.3 Å². The van der Waals surface area contributed by atoms with Crippen LogP contribution < -0.4 is 0 Å². The molecule has 1 spiro atoms. The van der Waals surface area contributed by atoms with Gasteiger partial charge in [0.2, 0.25) is 0 Å². The Kier molecular flexibility index (Phi) is 7.28. The summed E-state index contributed by atoms with van der Waals surface area (Å²) in [5.74, 6) is 0.683. The molecular weight excluding hydrogens is 404 g/mol. The van der Waals surface area contributed by atoms with Crippen LogP contribution in [-0.2, 0) is 30.3 Å². The molecule has 0 N–H and O–H groups in total. The molecule has 1 unspecified atom stereocenters. The van der Waals surface area contributed by atoms with Gasteiger partial charge in [-0.15, -0.1) is 0 Å². The van der Waals surface area contributed by atoms with Crippen molar-refractivity contribution in [2.24, 2.45) is 23.7 Å². The molecule has 178 valence electrons. The van der Waals surface area contributed by atoms with Gasteiger partial charge in [0.05, 0.1) is 30.8 Å². The molecule has 0 aromatic heterocycles. The Morgan fingerprint density at radius 2 is 1.72 bits per heavy atom. The van der Waals surface area contributed by atoms with Crippen molar-refractivity contribution in [1.29, 1.82) is 0 Å². The van der Waals surface area contributed by atoms with Gasteiger partial charge in [0, 0.05) is 12.8 Å². The average molecular weight is 445 g/mol. The number of carbonyl (C=O) groups is 1. The van der Waals surface area contributed by atoms with Gasteiger partial charge in [0.25, 0.3) is 0 Å². The van der Waals surface area contributed by atoms with E-state index < -0.39 is 5.79 Å². The Morgan fingerprint density at radius 3 is 2.44 bits per heavy atom. The Morgan fingerprint density at radius 1 is 1.00 bits per heavy atom. The van der Waals surface area contributed by atoms with E-state index in [1.54, 1.807) is 0 Å². The van der Waals surface area contributed by atoms with Crippen LogP contribution in [0.15, 0.2) is 30.3 Å². The van der Waals surface area contributed by atoms with Gasteiger partial charge in [0.1, 0.15) is 6.61 Å². The molecule has 9 atom stereocenters. The molecule has 0 amide bonds. The molecule has 1 aromatic carbocycles. The van der Waals surface area contributed by atoms with Crippen LogP contribution in [0, 0.1) is 23.7 Å². The normalized spacial score (nSPS) is 41.8. The van der Waals surface area contributed by atoms with E-state index in [-0.39, 0.29) is 36.6 Å². The predicted octanol–water partition coefficient (Wildman–Crippen LogP) is 5.51. The van der Waals surface area contributed by atoms with Gasteiger partial charge in [-0.25, -0.2) is 0 Å². The van der Waals surface area contributed by atoms with Crippen molar-refractivity contribution < 1.29 is 23.7 Å². The number of carbonyl (C=O) groups excluding carboxylic acids is 1. The van der Waals surface area contributed by atoms with Crippen LogP contribution in [0.25, 0.3) is 0 Å². The highest BCUT2D eigenvalue weighted by molar-refractivity contribution is 5.70. The quantitative estimate of drug-likeness (QED) is 0.561. The highest BCUT2D eigenvalue weighted by Crippen LogP contribution is 2.49. The van der Waals surface area contributed by atoms with Gasteiger partial charge in [-0.2, -0.15) is 0 Å². The second-order valence-electron chi connectivity index (χ2n) is 10.6. The number of esters is 1. The second-order valence-corrected chi connectivity index (χ2v) is 10.6. The van der Waals surface area contributed by atoms with E-state index in [1.165, 1.54) is 0 Å².